The zero-order valence-electron chi connectivity index (χ0n) is 15.0. The third-order valence-corrected chi connectivity index (χ3v) is 5.58. The molecule has 3 N–H and O–H groups in total. The van der Waals surface area contributed by atoms with Crippen LogP contribution in [0.1, 0.15) is 31.4 Å². The fourth-order valence-corrected chi connectivity index (χ4v) is 3.63. The number of carbonyl (C=O) groups excluding carboxylic acids is 1. The number of methoxy groups -OCH3 is 1. The number of hydrogen-bond donors (Lipinski definition) is 2. The van der Waals surface area contributed by atoms with Crippen LogP contribution in [0.2, 0.25) is 0 Å². The van der Waals surface area contributed by atoms with E-state index in [0.29, 0.717) is 32.6 Å². The van der Waals surface area contributed by atoms with Crippen molar-refractivity contribution in [1.82, 2.24) is 5.32 Å². The van der Waals surface area contributed by atoms with Crippen molar-refractivity contribution in [3.63, 3.8) is 0 Å². The van der Waals surface area contributed by atoms with Gasteiger partial charge in [-0.05, 0) is 37.5 Å². The zero-order valence-corrected chi connectivity index (χ0v) is 16.6. The van der Waals surface area contributed by atoms with Crippen LogP contribution in [0.15, 0.2) is 29.2 Å². The van der Waals surface area contributed by atoms with Gasteiger partial charge in [-0.1, -0.05) is 12.1 Å². The fraction of sp³-hybridized carbons (Fsp3) is 0.611. The highest BCUT2D eigenvalue weighted by atomic mass is 35.5. The minimum Gasteiger partial charge on any atom is -0.384 e. The van der Waals surface area contributed by atoms with Crippen LogP contribution in [0.4, 0.5) is 0 Å². The molecule has 0 radical (unpaired) electrons. The second-order valence-electron chi connectivity index (χ2n) is 6.20. The third kappa shape index (κ3) is 6.15. The van der Waals surface area contributed by atoms with E-state index < -0.39 is 5.41 Å². The normalized spacial score (nSPS) is 17.4. The van der Waals surface area contributed by atoms with Crippen LogP contribution in [0, 0.1) is 5.41 Å². The number of nitrogens with two attached hydrogens (primary N) is 1. The molecule has 142 valence electrons. The quantitative estimate of drug-likeness (QED) is 0.529. The van der Waals surface area contributed by atoms with Crippen LogP contribution in [0.25, 0.3) is 0 Å². The molecule has 1 atom stereocenters. The molecule has 25 heavy (non-hydrogen) atoms. The van der Waals surface area contributed by atoms with Gasteiger partial charge in [0, 0.05) is 37.5 Å². The molecule has 1 amide bonds. The molecule has 0 aliphatic carbocycles. The topological polar surface area (TPSA) is 73.6 Å². The molecule has 0 saturated carbocycles. The molecule has 0 aromatic heterocycles. The summed E-state index contributed by atoms with van der Waals surface area (Å²) in [6.07, 6.45) is 1.38. The Morgan fingerprint density at radius 1 is 1.36 bits per heavy atom. The van der Waals surface area contributed by atoms with Gasteiger partial charge in [-0.15, -0.1) is 24.2 Å². The predicted molar refractivity (Wildman–Crippen MR) is 104 cm³/mol. The fourth-order valence-electron chi connectivity index (χ4n) is 2.81. The molecule has 1 unspecified atom stereocenters. The second kappa shape index (κ2) is 11.0. The average Bonchev–Trinajstić information content (AvgIpc) is 2.63. The molecule has 1 aliphatic rings. The first kappa shape index (κ1) is 22.3. The van der Waals surface area contributed by atoms with Gasteiger partial charge >= 0.3 is 0 Å². The summed E-state index contributed by atoms with van der Waals surface area (Å²) >= 11 is 1.76. The van der Waals surface area contributed by atoms with Gasteiger partial charge in [0.1, 0.15) is 0 Å². The van der Waals surface area contributed by atoms with Crippen LogP contribution in [0.5, 0.6) is 0 Å². The monoisotopic (exact) mass is 388 g/mol. The van der Waals surface area contributed by atoms with E-state index in [1.54, 1.807) is 18.9 Å². The third-order valence-electron chi connectivity index (χ3n) is 4.61. The summed E-state index contributed by atoms with van der Waals surface area (Å²) in [5.74, 6) is 0.975. The molecule has 1 saturated heterocycles. The van der Waals surface area contributed by atoms with E-state index in [4.69, 9.17) is 15.2 Å². The van der Waals surface area contributed by atoms with Crippen LogP contribution < -0.4 is 11.1 Å². The summed E-state index contributed by atoms with van der Waals surface area (Å²) < 4.78 is 10.4. The van der Waals surface area contributed by atoms with Gasteiger partial charge in [-0.25, -0.2) is 0 Å². The summed E-state index contributed by atoms with van der Waals surface area (Å²) in [6, 6.07) is 8.27. The van der Waals surface area contributed by atoms with Crippen molar-refractivity contribution in [2.45, 2.75) is 30.7 Å². The maximum atomic E-state index is 12.7. The van der Waals surface area contributed by atoms with Crippen molar-refractivity contribution in [1.29, 1.82) is 0 Å². The second-order valence-corrected chi connectivity index (χ2v) is 7.37. The van der Waals surface area contributed by atoms with Gasteiger partial charge in [-0.3, -0.25) is 4.79 Å². The first-order valence-corrected chi connectivity index (χ1v) is 9.40. The Balaban J connectivity index is 0.00000312. The smallest absolute Gasteiger partial charge is 0.228 e. The first-order valence-electron chi connectivity index (χ1n) is 8.42. The average molecular weight is 389 g/mol. The van der Waals surface area contributed by atoms with Crippen LogP contribution in [0.3, 0.4) is 0 Å². The molecular weight excluding hydrogens is 360 g/mol. The van der Waals surface area contributed by atoms with Gasteiger partial charge in [0.05, 0.1) is 18.1 Å². The Morgan fingerprint density at radius 3 is 2.56 bits per heavy atom. The standard InChI is InChI=1S/C18H28N2O3S.ClH/c1-14(15-3-5-16(6-4-15)24-12-11-22-2)20-17(21)18(13-19)7-9-23-10-8-18;/h3-6,14H,7-13,19H2,1-2H3,(H,20,21);1H. The predicted octanol–water partition coefficient (Wildman–Crippen LogP) is 2.78. The Kier molecular flexibility index (Phi) is 9.82. The number of hydrogen-bond acceptors (Lipinski definition) is 5. The van der Waals surface area contributed by atoms with E-state index in [1.165, 1.54) is 4.90 Å². The molecule has 1 fully saturated rings. The van der Waals surface area contributed by atoms with Crippen LogP contribution >= 0.6 is 24.2 Å². The Bertz CT molecular complexity index is 522. The lowest BCUT2D eigenvalue weighted by molar-refractivity contribution is -0.136. The molecule has 1 aromatic carbocycles. The molecule has 2 rings (SSSR count). The van der Waals surface area contributed by atoms with Crippen molar-refractivity contribution in [2.75, 3.05) is 39.2 Å². The van der Waals surface area contributed by atoms with Gasteiger partial charge in [0.2, 0.25) is 5.91 Å². The van der Waals surface area contributed by atoms with Crippen molar-refractivity contribution in [3.8, 4) is 0 Å². The van der Waals surface area contributed by atoms with E-state index in [9.17, 15) is 4.79 Å². The minimum absolute atomic E-state index is 0. The number of benzene rings is 1. The van der Waals surface area contributed by atoms with E-state index in [2.05, 4.69) is 29.6 Å². The van der Waals surface area contributed by atoms with Gasteiger partial charge in [-0.2, -0.15) is 0 Å². The zero-order chi connectivity index (χ0) is 17.4. The number of ether oxygens (including phenoxy) is 2. The lowest BCUT2D eigenvalue weighted by Gasteiger charge is -2.35. The Morgan fingerprint density at radius 2 is 2.00 bits per heavy atom. The summed E-state index contributed by atoms with van der Waals surface area (Å²) in [6.45, 7) is 4.32. The molecule has 1 heterocycles. The molecular formula is C18H29ClN2O3S. The molecule has 5 nitrogen and oxygen atoms in total. The van der Waals surface area contributed by atoms with Crippen molar-refractivity contribution >= 4 is 30.1 Å². The number of amides is 1. The van der Waals surface area contributed by atoms with E-state index in [1.807, 2.05) is 6.92 Å². The summed E-state index contributed by atoms with van der Waals surface area (Å²) in [7, 11) is 1.71. The number of nitrogens with one attached hydrogen (secondary N) is 1. The maximum absolute atomic E-state index is 12.7. The first-order chi connectivity index (χ1) is 11.6. The highest BCUT2D eigenvalue weighted by Crippen LogP contribution is 2.30. The molecule has 1 aromatic rings. The summed E-state index contributed by atoms with van der Waals surface area (Å²) in [4.78, 5) is 13.9. The van der Waals surface area contributed by atoms with Gasteiger partial charge in [0.15, 0.2) is 0 Å². The summed E-state index contributed by atoms with van der Waals surface area (Å²) in [5.41, 5.74) is 6.51. The number of halogens is 1. The molecule has 0 bridgehead atoms. The highest BCUT2D eigenvalue weighted by molar-refractivity contribution is 7.99. The van der Waals surface area contributed by atoms with Crippen LogP contribution in [-0.2, 0) is 14.3 Å². The van der Waals surface area contributed by atoms with Gasteiger partial charge < -0.3 is 20.5 Å². The maximum Gasteiger partial charge on any atom is 0.228 e. The number of carbonyl (C=O) groups is 1. The van der Waals surface area contributed by atoms with E-state index in [0.717, 1.165) is 17.9 Å². The highest BCUT2D eigenvalue weighted by Gasteiger charge is 2.39. The Hall–Kier alpha value is -0.790. The minimum atomic E-state index is -0.484. The number of thioether (sulfide) groups is 1. The number of rotatable bonds is 8. The van der Waals surface area contributed by atoms with Gasteiger partial charge in [0.25, 0.3) is 0 Å². The van der Waals surface area contributed by atoms with Crippen molar-refractivity contribution < 1.29 is 14.3 Å². The van der Waals surface area contributed by atoms with Crippen molar-refractivity contribution in [2.24, 2.45) is 11.1 Å². The summed E-state index contributed by atoms with van der Waals surface area (Å²) in [5, 5.41) is 3.13. The SMILES string of the molecule is COCCSc1ccc(C(C)NC(=O)C2(CN)CCOCC2)cc1.Cl. The Labute approximate surface area is 160 Å². The van der Waals surface area contributed by atoms with E-state index in [-0.39, 0.29) is 24.4 Å². The van der Waals surface area contributed by atoms with Crippen molar-refractivity contribution in [3.05, 3.63) is 29.8 Å². The molecule has 0 spiro atoms. The molecule has 1 aliphatic heterocycles. The lowest BCUT2D eigenvalue weighted by Crippen LogP contribution is -2.49. The lowest BCUT2D eigenvalue weighted by atomic mass is 9.79. The molecule has 7 heteroatoms. The van der Waals surface area contributed by atoms with Crippen LogP contribution in [-0.4, -0.2) is 45.1 Å². The largest absolute Gasteiger partial charge is 0.384 e. The van der Waals surface area contributed by atoms with E-state index >= 15 is 0 Å².